The molecule has 1 aromatic rings. The molecule has 1 aromatic heterocycles. The maximum absolute atomic E-state index is 6.02. The van der Waals surface area contributed by atoms with E-state index in [9.17, 15) is 0 Å². The molecule has 18 heavy (non-hydrogen) atoms. The van der Waals surface area contributed by atoms with E-state index in [1.165, 1.54) is 6.54 Å². The summed E-state index contributed by atoms with van der Waals surface area (Å²) in [5, 5.41) is 0.758. The smallest absolute Gasteiger partial charge is 0.128 e. The van der Waals surface area contributed by atoms with Crippen LogP contribution in [0.3, 0.4) is 0 Å². The van der Waals surface area contributed by atoms with Gasteiger partial charge >= 0.3 is 0 Å². The third-order valence-corrected chi connectivity index (χ3v) is 4.68. The Balaban J connectivity index is 1.64. The Morgan fingerprint density at radius 3 is 2.56 bits per heavy atom. The van der Waals surface area contributed by atoms with Crippen LogP contribution in [0.1, 0.15) is 5.69 Å². The standard InChI is InChI=1S/C14H20ClN3/c1-9-13(15)4-5-14(16-9)18-7-11-10(6-17(2)3)12(11)8-18/h4-5,10-12H,6-8H2,1-3H3/t10?,11-,12+. The number of nitrogens with zero attached hydrogens (tertiary/aromatic N) is 3. The van der Waals surface area contributed by atoms with Gasteiger partial charge in [-0.3, -0.25) is 0 Å². The van der Waals surface area contributed by atoms with Crippen molar-refractivity contribution in [3.05, 3.63) is 22.8 Å². The van der Waals surface area contributed by atoms with Crippen molar-refractivity contribution in [1.82, 2.24) is 9.88 Å². The maximum Gasteiger partial charge on any atom is 0.128 e. The zero-order valence-corrected chi connectivity index (χ0v) is 12.0. The molecule has 98 valence electrons. The van der Waals surface area contributed by atoms with Crippen molar-refractivity contribution in [3.63, 3.8) is 0 Å². The second-order valence-electron chi connectivity index (χ2n) is 5.90. The lowest BCUT2D eigenvalue weighted by Gasteiger charge is -2.22. The number of hydrogen-bond acceptors (Lipinski definition) is 3. The minimum Gasteiger partial charge on any atom is -0.356 e. The van der Waals surface area contributed by atoms with Crippen molar-refractivity contribution in [2.75, 3.05) is 38.6 Å². The van der Waals surface area contributed by atoms with E-state index >= 15 is 0 Å². The summed E-state index contributed by atoms with van der Waals surface area (Å²) in [6, 6.07) is 4.00. The summed E-state index contributed by atoms with van der Waals surface area (Å²) >= 11 is 6.02. The van der Waals surface area contributed by atoms with Gasteiger partial charge in [0.1, 0.15) is 5.82 Å². The number of aromatic nitrogens is 1. The summed E-state index contributed by atoms with van der Waals surface area (Å²) in [5.74, 6) is 3.76. The second-order valence-corrected chi connectivity index (χ2v) is 6.30. The van der Waals surface area contributed by atoms with Gasteiger partial charge in [-0.15, -0.1) is 0 Å². The number of aryl methyl sites for hydroxylation is 1. The van der Waals surface area contributed by atoms with E-state index in [1.807, 2.05) is 19.1 Å². The molecule has 0 radical (unpaired) electrons. The quantitative estimate of drug-likeness (QED) is 0.836. The number of piperidine rings is 1. The van der Waals surface area contributed by atoms with Gasteiger partial charge in [0, 0.05) is 19.6 Å². The van der Waals surface area contributed by atoms with Crippen molar-refractivity contribution in [3.8, 4) is 0 Å². The first-order valence-corrected chi connectivity index (χ1v) is 6.97. The fourth-order valence-corrected chi connectivity index (χ4v) is 3.34. The summed E-state index contributed by atoms with van der Waals surface area (Å²) < 4.78 is 0. The highest BCUT2D eigenvalue weighted by molar-refractivity contribution is 6.31. The van der Waals surface area contributed by atoms with Crippen LogP contribution >= 0.6 is 11.6 Å². The first kappa shape index (κ1) is 12.2. The summed E-state index contributed by atoms with van der Waals surface area (Å²) in [5.41, 5.74) is 0.930. The SMILES string of the molecule is Cc1nc(N2C[C@@H]3C(CN(C)C)[C@@H]3C2)ccc1Cl. The van der Waals surface area contributed by atoms with Crippen LogP contribution in [0, 0.1) is 24.7 Å². The van der Waals surface area contributed by atoms with Crippen molar-refractivity contribution in [1.29, 1.82) is 0 Å². The minimum absolute atomic E-state index is 0.758. The molecule has 0 bridgehead atoms. The van der Waals surface area contributed by atoms with Gasteiger partial charge < -0.3 is 9.80 Å². The van der Waals surface area contributed by atoms with Crippen LogP contribution in [0.25, 0.3) is 0 Å². The van der Waals surface area contributed by atoms with Crippen molar-refractivity contribution < 1.29 is 0 Å². The third kappa shape index (κ3) is 2.10. The average molecular weight is 266 g/mol. The lowest BCUT2D eigenvalue weighted by atomic mass is 10.2. The molecular weight excluding hydrogens is 246 g/mol. The number of fused-ring (bicyclic) bond motifs is 1. The highest BCUT2D eigenvalue weighted by atomic mass is 35.5. The molecule has 3 rings (SSSR count). The number of pyridine rings is 1. The number of halogens is 1. The maximum atomic E-state index is 6.02. The molecule has 0 amide bonds. The summed E-state index contributed by atoms with van der Waals surface area (Å²) in [6.07, 6.45) is 0. The van der Waals surface area contributed by atoms with Crippen LogP contribution in [-0.4, -0.2) is 43.6 Å². The van der Waals surface area contributed by atoms with Crippen molar-refractivity contribution >= 4 is 17.4 Å². The predicted octanol–water partition coefficient (Wildman–Crippen LogP) is 2.29. The fourth-order valence-electron chi connectivity index (χ4n) is 3.24. The lowest BCUT2D eigenvalue weighted by Crippen LogP contribution is -2.28. The van der Waals surface area contributed by atoms with E-state index in [2.05, 4.69) is 28.9 Å². The summed E-state index contributed by atoms with van der Waals surface area (Å²) in [6.45, 7) is 5.53. The van der Waals surface area contributed by atoms with Gasteiger partial charge in [-0.2, -0.15) is 0 Å². The molecule has 0 aromatic carbocycles. The van der Waals surface area contributed by atoms with Gasteiger partial charge in [0.05, 0.1) is 10.7 Å². The van der Waals surface area contributed by atoms with Crippen LogP contribution in [0.5, 0.6) is 0 Å². The average Bonchev–Trinajstić information content (AvgIpc) is 2.75. The molecule has 4 heteroatoms. The van der Waals surface area contributed by atoms with Gasteiger partial charge in [0.15, 0.2) is 0 Å². The molecule has 3 atom stereocenters. The van der Waals surface area contributed by atoms with Gasteiger partial charge in [0.2, 0.25) is 0 Å². The number of anilines is 1. The van der Waals surface area contributed by atoms with E-state index in [0.717, 1.165) is 47.4 Å². The van der Waals surface area contributed by atoms with E-state index in [-0.39, 0.29) is 0 Å². The fraction of sp³-hybridized carbons (Fsp3) is 0.643. The van der Waals surface area contributed by atoms with Gasteiger partial charge in [-0.05, 0) is 50.9 Å². The lowest BCUT2D eigenvalue weighted by molar-refractivity contribution is 0.366. The normalized spacial score (nSPS) is 29.8. The van der Waals surface area contributed by atoms with Crippen molar-refractivity contribution in [2.24, 2.45) is 17.8 Å². The highest BCUT2D eigenvalue weighted by Gasteiger charge is 2.55. The molecule has 1 aliphatic heterocycles. The van der Waals surface area contributed by atoms with Gasteiger partial charge in [-0.25, -0.2) is 4.98 Å². The molecule has 2 fully saturated rings. The van der Waals surface area contributed by atoms with E-state index in [4.69, 9.17) is 11.6 Å². The van der Waals surface area contributed by atoms with Crippen LogP contribution in [0.15, 0.2) is 12.1 Å². The monoisotopic (exact) mass is 265 g/mol. The summed E-state index contributed by atoms with van der Waals surface area (Å²) in [7, 11) is 4.33. The van der Waals surface area contributed by atoms with Crippen molar-refractivity contribution in [2.45, 2.75) is 6.92 Å². The number of hydrogen-bond donors (Lipinski definition) is 0. The molecule has 1 saturated carbocycles. The molecule has 2 aliphatic rings. The molecule has 1 unspecified atom stereocenters. The van der Waals surface area contributed by atoms with Crippen LogP contribution in [0.2, 0.25) is 5.02 Å². The topological polar surface area (TPSA) is 19.4 Å². The Morgan fingerprint density at radius 1 is 1.33 bits per heavy atom. The zero-order chi connectivity index (χ0) is 12.9. The Bertz CT molecular complexity index is 448. The molecule has 0 spiro atoms. The molecule has 1 aliphatic carbocycles. The zero-order valence-electron chi connectivity index (χ0n) is 11.2. The van der Waals surface area contributed by atoms with Gasteiger partial charge in [0.25, 0.3) is 0 Å². The molecule has 0 N–H and O–H groups in total. The second kappa shape index (κ2) is 4.39. The van der Waals surface area contributed by atoms with Gasteiger partial charge in [-0.1, -0.05) is 11.6 Å². The number of rotatable bonds is 3. The van der Waals surface area contributed by atoms with E-state index < -0.39 is 0 Å². The van der Waals surface area contributed by atoms with Crippen LogP contribution < -0.4 is 4.90 Å². The third-order valence-electron chi connectivity index (χ3n) is 4.28. The Hall–Kier alpha value is -0.800. The Labute approximate surface area is 114 Å². The van der Waals surface area contributed by atoms with Crippen LogP contribution in [0.4, 0.5) is 5.82 Å². The Kier molecular flexibility index (Phi) is 2.99. The summed E-state index contributed by atoms with van der Waals surface area (Å²) in [4.78, 5) is 9.29. The first-order valence-electron chi connectivity index (χ1n) is 6.59. The molecule has 2 heterocycles. The largest absolute Gasteiger partial charge is 0.356 e. The Morgan fingerprint density at radius 2 is 2.00 bits per heavy atom. The molecular formula is C14H20ClN3. The molecule has 3 nitrogen and oxygen atoms in total. The minimum atomic E-state index is 0.758. The molecule has 1 saturated heterocycles. The predicted molar refractivity (Wildman–Crippen MR) is 75.2 cm³/mol. The first-order chi connectivity index (χ1) is 8.56. The van der Waals surface area contributed by atoms with E-state index in [0.29, 0.717) is 0 Å². The highest BCUT2D eigenvalue weighted by Crippen LogP contribution is 2.52. The van der Waals surface area contributed by atoms with E-state index in [1.54, 1.807) is 0 Å². The van der Waals surface area contributed by atoms with Crippen LogP contribution in [-0.2, 0) is 0 Å².